The molecule has 0 spiro atoms. The van der Waals surface area contributed by atoms with E-state index in [-0.39, 0.29) is 0 Å². The van der Waals surface area contributed by atoms with E-state index in [1.165, 1.54) is 11.1 Å². The van der Waals surface area contributed by atoms with Gasteiger partial charge in [-0.05, 0) is 25.7 Å². The fraction of sp³-hybridized carbons (Fsp3) is 0.800. The zero-order valence-electron chi connectivity index (χ0n) is 12.1. The number of allylic oxidation sites excluding steroid dienone is 2. The van der Waals surface area contributed by atoms with Crippen LogP contribution in [-0.2, 0) is 13.4 Å². The number of halogens is 4. The van der Waals surface area contributed by atoms with Gasteiger partial charge in [-0.3, -0.25) is 0 Å². The van der Waals surface area contributed by atoms with Crippen LogP contribution in [0.2, 0.25) is 0 Å². The van der Waals surface area contributed by atoms with Crippen LogP contribution in [0.5, 0.6) is 0 Å². The summed E-state index contributed by atoms with van der Waals surface area (Å²) in [6.45, 7) is 0. The van der Waals surface area contributed by atoms with Crippen molar-refractivity contribution in [1.29, 1.82) is 0 Å². The van der Waals surface area contributed by atoms with E-state index in [0.29, 0.717) is 23.5 Å². The highest BCUT2D eigenvalue weighted by molar-refractivity contribution is 7.60. The van der Waals surface area contributed by atoms with E-state index in [2.05, 4.69) is 4.31 Å². The zero-order chi connectivity index (χ0) is 18.5. The molecular weight excluding hydrogens is 436 g/mol. The molecule has 4 N–H and O–H groups in total. The maximum absolute atomic E-state index is 9.63. The van der Waals surface area contributed by atoms with Crippen LogP contribution in [0.25, 0.3) is 0 Å². The highest BCUT2D eigenvalue weighted by atomic mass is 35.5. The van der Waals surface area contributed by atoms with Gasteiger partial charge in [0, 0.05) is 23.5 Å². The van der Waals surface area contributed by atoms with Gasteiger partial charge in [0.05, 0.1) is 0 Å². The summed E-state index contributed by atoms with van der Waals surface area (Å²) in [6.07, 6.45) is 3.60. The molecule has 0 atom stereocenters. The largest absolute Gasteiger partial charge is 0.478 e. The van der Waals surface area contributed by atoms with Crippen molar-refractivity contribution in [2.24, 2.45) is 0 Å². The topological polar surface area (TPSA) is 124 Å². The van der Waals surface area contributed by atoms with Crippen LogP contribution in [0, 0.1) is 0 Å². The Labute approximate surface area is 155 Å². The standard InChI is InChI=1S/C10H16Cl4.H4O7P2/c11-5-1-9(2-6-12)10(3-7-13)4-8-14;1-8(2,3)7-9(4,5)6/h1-8H2;(H2,1,2,3)(H2,4,5,6). The monoisotopic (exact) mass is 454 g/mol. The van der Waals surface area contributed by atoms with E-state index in [1.54, 1.807) is 0 Å². The van der Waals surface area contributed by atoms with Crippen molar-refractivity contribution in [3.8, 4) is 0 Å². The lowest BCUT2D eigenvalue weighted by Gasteiger charge is -2.12. The second kappa shape index (κ2) is 14.3. The van der Waals surface area contributed by atoms with Crippen molar-refractivity contribution in [3.05, 3.63) is 11.1 Å². The van der Waals surface area contributed by atoms with Gasteiger partial charge in [0.15, 0.2) is 0 Å². The molecular formula is C10H20Cl4O7P2. The molecule has 0 heterocycles. The average molecular weight is 456 g/mol. The number of hydrogen-bond acceptors (Lipinski definition) is 3. The lowest BCUT2D eigenvalue weighted by atomic mass is 9.99. The Morgan fingerprint density at radius 2 is 0.870 bits per heavy atom. The molecule has 0 rings (SSSR count). The van der Waals surface area contributed by atoms with Crippen molar-refractivity contribution in [3.63, 3.8) is 0 Å². The van der Waals surface area contributed by atoms with Crippen LogP contribution in [0.1, 0.15) is 25.7 Å². The maximum atomic E-state index is 9.63. The molecule has 23 heavy (non-hydrogen) atoms. The molecule has 0 radical (unpaired) electrons. The van der Waals surface area contributed by atoms with E-state index in [0.717, 1.165) is 25.7 Å². The van der Waals surface area contributed by atoms with Crippen LogP contribution >= 0.6 is 62.0 Å². The Balaban J connectivity index is 0. The van der Waals surface area contributed by atoms with Crippen LogP contribution < -0.4 is 0 Å². The summed E-state index contributed by atoms with van der Waals surface area (Å²) >= 11 is 22.9. The molecule has 13 heteroatoms. The molecule has 0 amide bonds. The van der Waals surface area contributed by atoms with Gasteiger partial charge in [-0.25, -0.2) is 9.13 Å². The second-order valence-corrected chi connectivity index (χ2v) is 8.15. The summed E-state index contributed by atoms with van der Waals surface area (Å²) in [5.41, 5.74) is 2.69. The first-order chi connectivity index (χ1) is 10.5. The zero-order valence-corrected chi connectivity index (χ0v) is 16.9. The molecule has 0 aromatic carbocycles. The van der Waals surface area contributed by atoms with Crippen LogP contribution in [-0.4, -0.2) is 43.1 Å². The smallest absolute Gasteiger partial charge is 0.302 e. The molecule has 0 saturated carbocycles. The highest BCUT2D eigenvalue weighted by Gasteiger charge is 2.27. The first-order valence-electron chi connectivity index (χ1n) is 6.26. The van der Waals surface area contributed by atoms with Crippen molar-refractivity contribution >= 4 is 62.0 Å². The van der Waals surface area contributed by atoms with Gasteiger partial charge in [-0.1, -0.05) is 11.1 Å². The Bertz CT molecular complexity index is 381. The molecule has 7 nitrogen and oxygen atoms in total. The number of hydrogen-bond donors (Lipinski definition) is 4. The number of rotatable bonds is 10. The quantitative estimate of drug-likeness (QED) is 0.223. The Hall–Kier alpha value is 1.16. The summed E-state index contributed by atoms with van der Waals surface area (Å²) in [4.78, 5) is 31.0. The minimum absolute atomic E-state index is 0.639. The molecule has 140 valence electrons. The SMILES string of the molecule is ClCCC(CCCl)=C(CCCl)CCCl.O=P(O)(O)OP(=O)(O)O. The molecule has 0 unspecified atom stereocenters. The molecule has 0 fully saturated rings. The van der Waals surface area contributed by atoms with Gasteiger partial charge >= 0.3 is 15.6 Å². The van der Waals surface area contributed by atoms with E-state index in [4.69, 9.17) is 66.0 Å². The summed E-state index contributed by atoms with van der Waals surface area (Å²) in [6, 6.07) is 0. The number of alkyl halides is 4. The Morgan fingerprint density at radius 1 is 0.652 bits per heavy atom. The van der Waals surface area contributed by atoms with Crippen molar-refractivity contribution < 1.29 is 33.0 Å². The Morgan fingerprint density at radius 3 is 0.957 bits per heavy atom. The summed E-state index contributed by atoms with van der Waals surface area (Å²) in [7, 11) is -10.1. The molecule has 0 aliphatic heterocycles. The first kappa shape index (κ1) is 26.4. The molecule has 0 bridgehead atoms. The predicted molar refractivity (Wildman–Crippen MR) is 93.5 cm³/mol. The predicted octanol–water partition coefficient (Wildman–Crippen LogP) is 3.99. The highest BCUT2D eigenvalue weighted by Crippen LogP contribution is 2.53. The fourth-order valence-corrected chi connectivity index (χ4v) is 3.57. The van der Waals surface area contributed by atoms with Gasteiger partial charge < -0.3 is 19.6 Å². The number of phosphoric acid groups is 2. The summed E-state index contributed by atoms with van der Waals surface area (Å²) in [5.74, 6) is 2.56. The third kappa shape index (κ3) is 19.3. The van der Waals surface area contributed by atoms with Crippen LogP contribution in [0.3, 0.4) is 0 Å². The van der Waals surface area contributed by atoms with Crippen LogP contribution in [0.15, 0.2) is 11.1 Å². The normalized spacial score (nSPS) is 11.7. The minimum Gasteiger partial charge on any atom is -0.302 e. The lowest BCUT2D eigenvalue weighted by Crippen LogP contribution is -1.97. The van der Waals surface area contributed by atoms with Crippen LogP contribution in [0.4, 0.5) is 0 Å². The summed E-state index contributed by atoms with van der Waals surface area (Å²) < 4.78 is 22.2. The molecule has 0 aliphatic rings. The second-order valence-electron chi connectivity index (χ2n) is 4.03. The van der Waals surface area contributed by atoms with E-state index < -0.39 is 15.6 Å². The van der Waals surface area contributed by atoms with E-state index in [1.807, 2.05) is 0 Å². The first-order valence-corrected chi connectivity index (χ1v) is 11.5. The average Bonchev–Trinajstić information content (AvgIpc) is 2.34. The Kier molecular flexibility index (Phi) is 16.5. The van der Waals surface area contributed by atoms with E-state index in [9.17, 15) is 9.13 Å². The lowest BCUT2D eigenvalue weighted by molar-refractivity contribution is 0.225. The van der Waals surface area contributed by atoms with Gasteiger partial charge in [-0.2, -0.15) is 4.31 Å². The van der Waals surface area contributed by atoms with Gasteiger partial charge in [0.1, 0.15) is 0 Å². The minimum atomic E-state index is -5.05. The maximum Gasteiger partial charge on any atom is 0.478 e. The fourth-order valence-electron chi connectivity index (χ4n) is 1.55. The summed E-state index contributed by atoms with van der Waals surface area (Å²) in [5, 5.41) is 0. The third-order valence-electron chi connectivity index (χ3n) is 2.30. The van der Waals surface area contributed by atoms with Crippen molar-refractivity contribution in [2.75, 3.05) is 23.5 Å². The van der Waals surface area contributed by atoms with E-state index >= 15 is 0 Å². The van der Waals surface area contributed by atoms with Crippen molar-refractivity contribution in [1.82, 2.24) is 0 Å². The molecule has 0 saturated heterocycles. The van der Waals surface area contributed by atoms with Gasteiger partial charge in [0.2, 0.25) is 0 Å². The van der Waals surface area contributed by atoms with Crippen molar-refractivity contribution in [2.45, 2.75) is 25.7 Å². The molecule has 0 aromatic heterocycles. The molecule has 0 aliphatic carbocycles. The molecule has 0 aromatic rings. The van der Waals surface area contributed by atoms with Gasteiger partial charge in [-0.15, -0.1) is 46.4 Å². The van der Waals surface area contributed by atoms with Gasteiger partial charge in [0.25, 0.3) is 0 Å². The third-order valence-corrected chi connectivity index (χ3v) is 4.76.